The van der Waals surface area contributed by atoms with Crippen LogP contribution in [0.25, 0.3) is 11.4 Å². The molecule has 1 aliphatic carbocycles. The normalized spacial score (nSPS) is 14.8. The molecule has 5 nitrogen and oxygen atoms in total. The van der Waals surface area contributed by atoms with E-state index in [1.165, 1.54) is 11.8 Å². The van der Waals surface area contributed by atoms with Gasteiger partial charge in [0, 0.05) is 16.6 Å². The number of nitrogens with zero attached hydrogens (tertiary/aromatic N) is 2. The maximum Gasteiger partial charge on any atom is 0.238 e. The van der Waals surface area contributed by atoms with Crippen molar-refractivity contribution in [3.8, 4) is 11.4 Å². The summed E-state index contributed by atoms with van der Waals surface area (Å²) < 4.78 is 0. The van der Waals surface area contributed by atoms with Crippen LogP contribution in [0.15, 0.2) is 59.8 Å². The molecule has 1 unspecified atom stereocenters. The van der Waals surface area contributed by atoms with Crippen molar-refractivity contribution in [2.45, 2.75) is 29.3 Å². The first-order valence-corrected chi connectivity index (χ1v) is 9.65. The Morgan fingerprint density at radius 1 is 1.15 bits per heavy atom. The van der Waals surface area contributed by atoms with Crippen molar-refractivity contribution in [1.29, 1.82) is 0 Å². The number of thioether (sulfide) groups is 1. The molecule has 1 atom stereocenters. The number of hydrogen-bond donors (Lipinski definition) is 2. The van der Waals surface area contributed by atoms with Crippen LogP contribution in [0.4, 0.5) is 0 Å². The van der Waals surface area contributed by atoms with E-state index in [9.17, 15) is 4.79 Å². The Balaban J connectivity index is 1.55. The molecule has 4 rings (SSSR count). The van der Waals surface area contributed by atoms with Gasteiger partial charge in [-0.05, 0) is 42.7 Å². The van der Waals surface area contributed by atoms with Crippen molar-refractivity contribution in [1.82, 2.24) is 20.5 Å². The lowest BCUT2D eigenvalue weighted by molar-refractivity contribution is -0.120. The molecule has 1 heterocycles. The smallest absolute Gasteiger partial charge is 0.238 e. The van der Waals surface area contributed by atoms with Gasteiger partial charge in [0.15, 0.2) is 5.82 Å². The van der Waals surface area contributed by atoms with E-state index in [4.69, 9.17) is 11.6 Å². The summed E-state index contributed by atoms with van der Waals surface area (Å²) in [7, 11) is 0. The maximum atomic E-state index is 12.7. The van der Waals surface area contributed by atoms with E-state index in [-0.39, 0.29) is 11.2 Å². The van der Waals surface area contributed by atoms with E-state index in [0.717, 1.165) is 24.0 Å². The largest absolute Gasteiger partial charge is 0.352 e. The standard InChI is InChI=1S/C19H17ClN4OS/c20-14-8-6-13(7-9-14)17-22-19(24-23-17)26-16(12-4-2-1-3-5-12)18(25)21-15-10-11-15/h1-9,15-16H,10-11H2,(H,21,25)(H,22,23,24). The van der Waals surface area contributed by atoms with Gasteiger partial charge in [0.2, 0.25) is 11.1 Å². The Hall–Kier alpha value is -2.31. The maximum absolute atomic E-state index is 12.7. The lowest BCUT2D eigenvalue weighted by Gasteiger charge is -2.15. The molecule has 132 valence electrons. The first kappa shape index (κ1) is 17.1. The first-order valence-electron chi connectivity index (χ1n) is 8.39. The number of rotatable bonds is 6. The summed E-state index contributed by atoms with van der Waals surface area (Å²) >= 11 is 7.27. The number of benzene rings is 2. The highest BCUT2D eigenvalue weighted by Gasteiger charge is 2.30. The average molecular weight is 385 g/mol. The van der Waals surface area contributed by atoms with Gasteiger partial charge in [-0.15, -0.1) is 5.10 Å². The molecule has 2 aromatic carbocycles. The topological polar surface area (TPSA) is 70.7 Å². The number of hydrogen-bond acceptors (Lipinski definition) is 4. The SMILES string of the molecule is O=C(NC1CC1)C(Sc1n[nH]c(-c2ccc(Cl)cc2)n1)c1ccccc1. The zero-order valence-corrected chi connectivity index (χ0v) is 15.4. The van der Waals surface area contributed by atoms with Crippen LogP contribution in [0.2, 0.25) is 5.02 Å². The Morgan fingerprint density at radius 3 is 2.58 bits per heavy atom. The molecule has 1 aromatic heterocycles. The summed E-state index contributed by atoms with van der Waals surface area (Å²) in [6.07, 6.45) is 2.11. The van der Waals surface area contributed by atoms with Crippen molar-refractivity contribution in [3.05, 3.63) is 65.2 Å². The van der Waals surface area contributed by atoms with Crippen LogP contribution in [0.3, 0.4) is 0 Å². The van der Waals surface area contributed by atoms with E-state index in [0.29, 0.717) is 22.0 Å². The van der Waals surface area contributed by atoms with Gasteiger partial charge in [-0.1, -0.05) is 53.7 Å². The van der Waals surface area contributed by atoms with Crippen molar-refractivity contribution < 1.29 is 4.79 Å². The predicted octanol–water partition coefficient (Wildman–Crippen LogP) is 4.24. The number of carbonyl (C=O) groups is 1. The summed E-state index contributed by atoms with van der Waals surface area (Å²) in [4.78, 5) is 17.2. The second kappa shape index (κ2) is 7.51. The minimum Gasteiger partial charge on any atom is -0.352 e. The van der Waals surface area contributed by atoms with Crippen LogP contribution in [-0.4, -0.2) is 27.1 Å². The summed E-state index contributed by atoms with van der Waals surface area (Å²) in [6, 6.07) is 17.4. The Kier molecular flexibility index (Phi) is 4.95. The molecule has 2 N–H and O–H groups in total. The molecular formula is C19H17ClN4OS. The molecule has 1 fully saturated rings. The number of halogens is 1. The van der Waals surface area contributed by atoms with Crippen LogP contribution in [0.1, 0.15) is 23.7 Å². The molecular weight excluding hydrogens is 368 g/mol. The van der Waals surface area contributed by atoms with Crippen LogP contribution in [0, 0.1) is 0 Å². The molecule has 26 heavy (non-hydrogen) atoms. The van der Waals surface area contributed by atoms with E-state index in [1.54, 1.807) is 0 Å². The summed E-state index contributed by atoms with van der Waals surface area (Å²) in [5, 5.41) is 11.1. The Labute approximate surface area is 160 Å². The van der Waals surface area contributed by atoms with Crippen molar-refractivity contribution in [3.63, 3.8) is 0 Å². The van der Waals surface area contributed by atoms with Gasteiger partial charge in [0.25, 0.3) is 0 Å². The van der Waals surface area contributed by atoms with Gasteiger partial charge in [-0.3, -0.25) is 9.89 Å². The van der Waals surface area contributed by atoms with Crippen LogP contribution < -0.4 is 5.32 Å². The third kappa shape index (κ3) is 4.08. The van der Waals surface area contributed by atoms with Crippen molar-refractivity contribution >= 4 is 29.3 Å². The Bertz CT molecular complexity index is 893. The fourth-order valence-electron chi connectivity index (χ4n) is 2.55. The highest BCUT2D eigenvalue weighted by molar-refractivity contribution is 8.00. The molecule has 0 radical (unpaired) electrons. The Morgan fingerprint density at radius 2 is 1.88 bits per heavy atom. The molecule has 0 saturated heterocycles. The highest BCUT2D eigenvalue weighted by atomic mass is 35.5. The molecule has 7 heteroatoms. The van der Waals surface area contributed by atoms with Crippen molar-refractivity contribution in [2.75, 3.05) is 0 Å². The quantitative estimate of drug-likeness (QED) is 0.623. The lowest BCUT2D eigenvalue weighted by atomic mass is 10.1. The molecule has 3 aromatic rings. The molecule has 1 saturated carbocycles. The van der Waals surface area contributed by atoms with Gasteiger partial charge in [0.05, 0.1) is 0 Å². The van der Waals surface area contributed by atoms with E-state index in [2.05, 4.69) is 20.5 Å². The highest BCUT2D eigenvalue weighted by Crippen LogP contribution is 2.35. The number of H-pyrrole nitrogens is 1. The van der Waals surface area contributed by atoms with Crippen LogP contribution in [0.5, 0.6) is 0 Å². The van der Waals surface area contributed by atoms with Crippen LogP contribution >= 0.6 is 23.4 Å². The number of carbonyl (C=O) groups excluding carboxylic acids is 1. The number of nitrogens with one attached hydrogen (secondary N) is 2. The number of aromatic amines is 1. The van der Waals surface area contributed by atoms with E-state index < -0.39 is 0 Å². The predicted molar refractivity (Wildman–Crippen MR) is 103 cm³/mol. The van der Waals surface area contributed by atoms with Gasteiger partial charge in [-0.2, -0.15) is 0 Å². The summed E-state index contributed by atoms with van der Waals surface area (Å²) in [6.45, 7) is 0. The number of amides is 1. The van der Waals surface area contributed by atoms with Crippen molar-refractivity contribution in [2.24, 2.45) is 0 Å². The summed E-state index contributed by atoms with van der Waals surface area (Å²) in [5.41, 5.74) is 1.83. The molecule has 0 bridgehead atoms. The zero-order valence-electron chi connectivity index (χ0n) is 13.9. The fourth-order valence-corrected chi connectivity index (χ4v) is 3.59. The van der Waals surface area contributed by atoms with E-state index >= 15 is 0 Å². The minimum atomic E-state index is -0.384. The van der Waals surface area contributed by atoms with Gasteiger partial charge in [0.1, 0.15) is 5.25 Å². The second-order valence-electron chi connectivity index (χ2n) is 6.16. The third-order valence-corrected chi connectivity index (χ3v) is 5.44. The first-order chi connectivity index (χ1) is 12.7. The van der Waals surface area contributed by atoms with Gasteiger partial charge < -0.3 is 5.32 Å². The van der Waals surface area contributed by atoms with E-state index in [1.807, 2.05) is 54.6 Å². The summed E-state index contributed by atoms with van der Waals surface area (Å²) in [5.74, 6) is 0.653. The molecule has 0 spiro atoms. The zero-order chi connectivity index (χ0) is 17.9. The fraction of sp³-hybridized carbons (Fsp3) is 0.211. The monoisotopic (exact) mass is 384 g/mol. The molecule has 1 aliphatic rings. The van der Waals surface area contributed by atoms with Gasteiger partial charge in [-0.25, -0.2) is 4.98 Å². The number of aromatic nitrogens is 3. The average Bonchev–Trinajstić information content (AvgIpc) is 3.35. The second-order valence-corrected chi connectivity index (χ2v) is 7.67. The molecule has 0 aliphatic heterocycles. The molecule has 1 amide bonds. The van der Waals surface area contributed by atoms with Crippen LogP contribution in [-0.2, 0) is 4.79 Å². The third-order valence-electron chi connectivity index (χ3n) is 4.07. The minimum absolute atomic E-state index is 0.00143. The van der Waals surface area contributed by atoms with Gasteiger partial charge >= 0.3 is 0 Å². The lowest BCUT2D eigenvalue weighted by Crippen LogP contribution is -2.29.